The highest BCUT2D eigenvalue weighted by atomic mass is 32.2. The third-order valence-electron chi connectivity index (χ3n) is 2.51. The molecule has 5 heteroatoms. The summed E-state index contributed by atoms with van der Waals surface area (Å²) >= 11 is 0. The Balaban J connectivity index is 2.71. The lowest BCUT2D eigenvalue weighted by molar-refractivity contribution is 0.540. The van der Waals surface area contributed by atoms with Gasteiger partial charge in [0, 0.05) is 6.04 Å². The predicted molar refractivity (Wildman–Crippen MR) is 69.5 cm³/mol. The molecule has 0 aliphatic carbocycles. The van der Waals surface area contributed by atoms with Crippen molar-refractivity contribution < 1.29 is 8.42 Å². The fraction of sp³-hybridized carbons (Fsp3) is 0.500. The Bertz CT molecular complexity index is 440. The van der Waals surface area contributed by atoms with Gasteiger partial charge in [0.2, 0.25) is 10.0 Å². The van der Waals surface area contributed by atoms with E-state index < -0.39 is 10.0 Å². The van der Waals surface area contributed by atoms with Crippen LogP contribution in [0.1, 0.15) is 18.9 Å². The number of rotatable bonds is 6. The van der Waals surface area contributed by atoms with Gasteiger partial charge >= 0.3 is 0 Å². The summed E-state index contributed by atoms with van der Waals surface area (Å²) in [6.45, 7) is 4.58. The molecule has 1 unspecified atom stereocenters. The normalized spacial score (nSPS) is 13.6. The maximum absolute atomic E-state index is 12.0. The number of aryl methyl sites for hydroxylation is 1. The van der Waals surface area contributed by atoms with Gasteiger partial charge in [-0.25, -0.2) is 13.1 Å². The van der Waals surface area contributed by atoms with Gasteiger partial charge in [0.25, 0.3) is 0 Å². The third-order valence-corrected chi connectivity index (χ3v) is 4.12. The molecule has 0 saturated heterocycles. The van der Waals surface area contributed by atoms with Crippen molar-refractivity contribution in [2.24, 2.45) is 0 Å². The van der Waals surface area contributed by atoms with Gasteiger partial charge in [-0.05, 0) is 46.0 Å². The fourth-order valence-electron chi connectivity index (χ4n) is 1.47. The smallest absolute Gasteiger partial charge is 0.240 e. The molecule has 0 aliphatic rings. The van der Waals surface area contributed by atoms with Gasteiger partial charge in [0.15, 0.2) is 0 Å². The summed E-state index contributed by atoms with van der Waals surface area (Å²) in [5, 5.41) is 3.00. The van der Waals surface area contributed by atoms with E-state index in [1.807, 2.05) is 20.9 Å². The topological polar surface area (TPSA) is 58.2 Å². The van der Waals surface area contributed by atoms with Crippen LogP contribution in [0.4, 0.5) is 0 Å². The predicted octanol–water partition coefficient (Wildman–Crippen LogP) is 1.27. The maximum Gasteiger partial charge on any atom is 0.240 e. The molecule has 1 atom stereocenters. The van der Waals surface area contributed by atoms with Gasteiger partial charge in [-0.2, -0.15) is 0 Å². The zero-order chi connectivity index (χ0) is 12.9. The first-order valence-electron chi connectivity index (χ1n) is 5.69. The van der Waals surface area contributed by atoms with Gasteiger partial charge < -0.3 is 5.32 Å². The highest BCUT2D eigenvalue weighted by Gasteiger charge is 2.16. The van der Waals surface area contributed by atoms with Crippen LogP contribution in [0.2, 0.25) is 0 Å². The number of sulfonamides is 1. The SMILES string of the molecule is CNCCC(C)NS(=O)(=O)c1ccc(C)cc1. The molecule has 0 saturated carbocycles. The van der Waals surface area contributed by atoms with Crippen molar-refractivity contribution in [3.05, 3.63) is 29.8 Å². The minimum absolute atomic E-state index is 0.0752. The minimum atomic E-state index is -3.38. The summed E-state index contributed by atoms with van der Waals surface area (Å²) in [5.41, 5.74) is 1.05. The monoisotopic (exact) mass is 256 g/mol. The van der Waals surface area contributed by atoms with Crippen molar-refractivity contribution in [1.82, 2.24) is 10.0 Å². The van der Waals surface area contributed by atoms with Crippen LogP contribution in [0.25, 0.3) is 0 Å². The quantitative estimate of drug-likeness (QED) is 0.806. The molecule has 0 bridgehead atoms. The van der Waals surface area contributed by atoms with E-state index in [9.17, 15) is 8.42 Å². The Kier molecular flexibility index (Phi) is 5.11. The van der Waals surface area contributed by atoms with Crippen LogP contribution in [-0.4, -0.2) is 28.1 Å². The molecule has 0 spiro atoms. The van der Waals surface area contributed by atoms with E-state index in [-0.39, 0.29) is 6.04 Å². The molecule has 17 heavy (non-hydrogen) atoms. The molecule has 96 valence electrons. The highest BCUT2D eigenvalue weighted by molar-refractivity contribution is 7.89. The number of hydrogen-bond acceptors (Lipinski definition) is 3. The lowest BCUT2D eigenvalue weighted by atomic mass is 10.2. The maximum atomic E-state index is 12.0. The van der Waals surface area contributed by atoms with Gasteiger partial charge in [0.05, 0.1) is 4.90 Å². The van der Waals surface area contributed by atoms with E-state index in [1.54, 1.807) is 24.3 Å². The van der Waals surface area contributed by atoms with E-state index in [4.69, 9.17) is 0 Å². The molecule has 2 N–H and O–H groups in total. The van der Waals surface area contributed by atoms with Gasteiger partial charge in [-0.3, -0.25) is 0 Å². The zero-order valence-corrected chi connectivity index (χ0v) is 11.3. The minimum Gasteiger partial charge on any atom is -0.320 e. The Labute approximate surface area is 103 Å². The molecule has 1 aromatic carbocycles. The number of benzene rings is 1. The van der Waals surface area contributed by atoms with Crippen molar-refractivity contribution in [3.8, 4) is 0 Å². The van der Waals surface area contributed by atoms with Gasteiger partial charge in [0.1, 0.15) is 0 Å². The van der Waals surface area contributed by atoms with Crippen LogP contribution >= 0.6 is 0 Å². The molecule has 0 fully saturated rings. The summed E-state index contributed by atoms with van der Waals surface area (Å²) in [6, 6.07) is 6.78. The highest BCUT2D eigenvalue weighted by Crippen LogP contribution is 2.10. The van der Waals surface area contributed by atoms with Crippen LogP contribution in [0.15, 0.2) is 29.2 Å². The van der Waals surface area contributed by atoms with Crippen molar-refractivity contribution >= 4 is 10.0 Å². The zero-order valence-electron chi connectivity index (χ0n) is 10.5. The lowest BCUT2D eigenvalue weighted by Gasteiger charge is -2.14. The van der Waals surface area contributed by atoms with Gasteiger partial charge in [-0.15, -0.1) is 0 Å². The first kappa shape index (κ1) is 14.2. The molecule has 0 heterocycles. The Morgan fingerprint density at radius 2 is 1.82 bits per heavy atom. The van der Waals surface area contributed by atoms with Crippen molar-refractivity contribution in [2.75, 3.05) is 13.6 Å². The Morgan fingerprint density at radius 3 is 2.35 bits per heavy atom. The summed E-state index contributed by atoms with van der Waals surface area (Å²) in [5.74, 6) is 0. The van der Waals surface area contributed by atoms with Crippen molar-refractivity contribution in [1.29, 1.82) is 0 Å². The molecule has 0 radical (unpaired) electrons. The largest absolute Gasteiger partial charge is 0.320 e. The fourth-order valence-corrected chi connectivity index (χ4v) is 2.75. The first-order chi connectivity index (χ1) is 7.95. The molecular formula is C12H20N2O2S. The van der Waals surface area contributed by atoms with Crippen LogP contribution < -0.4 is 10.0 Å². The van der Waals surface area contributed by atoms with Crippen LogP contribution in [0.3, 0.4) is 0 Å². The lowest BCUT2D eigenvalue weighted by Crippen LogP contribution is -2.34. The van der Waals surface area contributed by atoms with E-state index in [2.05, 4.69) is 10.0 Å². The average Bonchev–Trinajstić information content (AvgIpc) is 2.26. The molecular weight excluding hydrogens is 236 g/mol. The second-order valence-corrected chi connectivity index (χ2v) is 5.94. The Hall–Kier alpha value is -0.910. The average molecular weight is 256 g/mol. The van der Waals surface area contributed by atoms with E-state index in [0.29, 0.717) is 4.90 Å². The second kappa shape index (κ2) is 6.14. The second-order valence-electron chi connectivity index (χ2n) is 4.23. The van der Waals surface area contributed by atoms with E-state index >= 15 is 0 Å². The van der Waals surface area contributed by atoms with Gasteiger partial charge in [-0.1, -0.05) is 17.7 Å². The number of hydrogen-bond donors (Lipinski definition) is 2. The van der Waals surface area contributed by atoms with Crippen LogP contribution in [-0.2, 0) is 10.0 Å². The molecule has 0 aromatic heterocycles. The molecule has 0 aliphatic heterocycles. The van der Waals surface area contributed by atoms with E-state index in [1.165, 1.54) is 0 Å². The summed E-state index contributed by atoms with van der Waals surface area (Å²) in [7, 11) is -1.54. The molecule has 1 rings (SSSR count). The van der Waals surface area contributed by atoms with E-state index in [0.717, 1.165) is 18.5 Å². The van der Waals surface area contributed by atoms with Crippen LogP contribution in [0, 0.1) is 6.92 Å². The third kappa shape index (κ3) is 4.46. The van der Waals surface area contributed by atoms with Crippen molar-refractivity contribution in [3.63, 3.8) is 0 Å². The standard InChI is InChI=1S/C12H20N2O2S/c1-10-4-6-12(7-5-10)17(15,16)14-11(2)8-9-13-3/h4-7,11,13-14H,8-9H2,1-3H3. The molecule has 0 amide bonds. The first-order valence-corrected chi connectivity index (χ1v) is 7.17. The Morgan fingerprint density at radius 1 is 1.24 bits per heavy atom. The summed E-state index contributed by atoms with van der Waals surface area (Å²) in [4.78, 5) is 0.319. The number of nitrogens with one attached hydrogen (secondary N) is 2. The van der Waals surface area contributed by atoms with Crippen molar-refractivity contribution in [2.45, 2.75) is 31.2 Å². The molecule has 1 aromatic rings. The summed E-state index contributed by atoms with van der Waals surface area (Å²) < 4.78 is 26.6. The molecule has 4 nitrogen and oxygen atoms in total. The van der Waals surface area contributed by atoms with Crippen LogP contribution in [0.5, 0.6) is 0 Å². The summed E-state index contributed by atoms with van der Waals surface area (Å²) in [6.07, 6.45) is 0.765.